The molecule has 0 nitrogen and oxygen atoms in total. The van der Waals surface area contributed by atoms with Crippen LogP contribution in [0.15, 0.2) is 36.4 Å². The number of rotatable bonds is 4. The summed E-state index contributed by atoms with van der Waals surface area (Å²) in [6.45, 7) is 13.1. The molecule has 0 N–H and O–H groups in total. The first-order chi connectivity index (χ1) is 10.5. The lowest BCUT2D eigenvalue weighted by Gasteiger charge is -2.02. The number of hydrogen-bond acceptors (Lipinski definition) is 0. The number of aryl methyl sites for hydroxylation is 6. The quantitative estimate of drug-likeness (QED) is 0.626. The molecule has 0 unspecified atom stereocenters. The monoisotopic (exact) mass is 296 g/mol. The van der Waals surface area contributed by atoms with Gasteiger partial charge in [-0.2, -0.15) is 0 Å². The molecule has 0 radical (unpaired) electrons. The molecule has 2 aromatic rings. The molecule has 2 aromatic carbocycles. The zero-order valence-electron chi connectivity index (χ0n) is 15.3. The smallest absolute Gasteiger partial charge is 0.0307 e. The fourth-order valence-corrected chi connectivity index (χ4v) is 2.71. The van der Waals surface area contributed by atoms with E-state index in [0.29, 0.717) is 0 Å². The Morgan fingerprint density at radius 3 is 0.864 bits per heavy atom. The summed E-state index contributed by atoms with van der Waals surface area (Å²) in [6, 6.07) is 13.6. The van der Waals surface area contributed by atoms with Gasteiger partial charge in [0.1, 0.15) is 0 Å². The summed E-state index contributed by atoms with van der Waals surface area (Å²) in [7, 11) is 0. The summed E-state index contributed by atoms with van der Waals surface area (Å²) in [5.74, 6) is 0. The molecule has 2 rings (SSSR count). The van der Waals surface area contributed by atoms with Gasteiger partial charge >= 0.3 is 0 Å². The minimum Gasteiger partial charge on any atom is -0.0613 e. The van der Waals surface area contributed by atoms with E-state index in [1.807, 2.05) is 0 Å². The highest BCUT2D eigenvalue weighted by atomic mass is 14.0. The lowest BCUT2D eigenvalue weighted by Crippen LogP contribution is -1.87. The van der Waals surface area contributed by atoms with Gasteiger partial charge in [0, 0.05) is 0 Å². The van der Waals surface area contributed by atoms with Crippen molar-refractivity contribution in [3.05, 3.63) is 69.8 Å². The van der Waals surface area contributed by atoms with Gasteiger partial charge in [0.2, 0.25) is 0 Å². The third-order valence-electron chi connectivity index (χ3n) is 4.03. The van der Waals surface area contributed by atoms with E-state index >= 15 is 0 Å². The normalized spacial score (nSPS) is 10.1. The third kappa shape index (κ3) is 6.05. The van der Waals surface area contributed by atoms with E-state index in [1.165, 1.54) is 33.4 Å². The van der Waals surface area contributed by atoms with E-state index in [4.69, 9.17) is 0 Å². The molecule has 0 bridgehead atoms. The lowest BCUT2D eigenvalue weighted by atomic mass is 10.0. The Bertz CT molecular complexity index is 481. The molecule has 0 heterocycles. The molecule has 0 heteroatoms. The number of hydrogen-bond donors (Lipinski definition) is 0. The van der Waals surface area contributed by atoms with Crippen LogP contribution in [0.2, 0.25) is 0 Å². The van der Waals surface area contributed by atoms with Gasteiger partial charge in [0.15, 0.2) is 0 Å². The molecule has 0 spiro atoms. The molecule has 0 aliphatic rings. The fraction of sp³-hybridized carbons (Fsp3) is 0.455. The predicted octanol–water partition coefficient (Wildman–Crippen LogP) is 6.24. The maximum atomic E-state index is 2.30. The van der Waals surface area contributed by atoms with Gasteiger partial charge in [-0.05, 0) is 61.8 Å². The molecule has 0 saturated carbocycles. The van der Waals surface area contributed by atoms with Crippen molar-refractivity contribution in [1.82, 2.24) is 0 Å². The van der Waals surface area contributed by atoms with Crippen LogP contribution in [0.1, 0.15) is 61.1 Å². The molecular weight excluding hydrogens is 264 g/mol. The third-order valence-corrected chi connectivity index (χ3v) is 4.03. The average Bonchev–Trinajstić information content (AvgIpc) is 2.53. The standard InChI is InChI=1S/2C11H16/c2*1-4-10-6-9(3)7-11(5-2)8-10/h2*6-8H,4-5H2,1-3H3. The van der Waals surface area contributed by atoms with Gasteiger partial charge in [-0.15, -0.1) is 0 Å². The summed E-state index contributed by atoms with van der Waals surface area (Å²) < 4.78 is 0. The van der Waals surface area contributed by atoms with Gasteiger partial charge in [-0.25, -0.2) is 0 Å². The van der Waals surface area contributed by atoms with Crippen molar-refractivity contribution in [3.8, 4) is 0 Å². The molecule has 0 aromatic heterocycles. The van der Waals surface area contributed by atoms with Gasteiger partial charge in [-0.3, -0.25) is 0 Å². The van der Waals surface area contributed by atoms with Crippen LogP contribution in [0.4, 0.5) is 0 Å². The van der Waals surface area contributed by atoms with Crippen LogP contribution in [-0.4, -0.2) is 0 Å². The van der Waals surface area contributed by atoms with Crippen molar-refractivity contribution < 1.29 is 0 Å². The van der Waals surface area contributed by atoms with Crippen molar-refractivity contribution in [1.29, 1.82) is 0 Å². The van der Waals surface area contributed by atoms with E-state index in [1.54, 1.807) is 0 Å². The van der Waals surface area contributed by atoms with Gasteiger partial charge < -0.3 is 0 Å². The Labute approximate surface area is 137 Å². The van der Waals surface area contributed by atoms with Crippen molar-refractivity contribution in [2.45, 2.75) is 67.2 Å². The summed E-state index contributed by atoms with van der Waals surface area (Å²) in [4.78, 5) is 0. The van der Waals surface area contributed by atoms with Crippen LogP contribution < -0.4 is 0 Å². The molecule has 0 aliphatic carbocycles. The Hall–Kier alpha value is -1.56. The minimum atomic E-state index is 1.15. The summed E-state index contributed by atoms with van der Waals surface area (Å²) in [5, 5.41) is 0. The molecule has 0 saturated heterocycles. The Kier molecular flexibility index (Phi) is 7.95. The molecule has 0 fully saturated rings. The van der Waals surface area contributed by atoms with Crippen LogP contribution in [-0.2, 0) is 25.7 Å². The molecular formula is C22H32. The van der Waals surface area contributed by atoms with Crippen molar-refractivity contribution in [3.63, 3.8) is 0 Å². The SMILES string of the molecule is CCc1cc(C)cc(CC)c1.CCc1cc(C)cc(CC)c1. The molecule has 0 amide bonds. The van der Waals surface area contributed by atoms with Gasteiger partial charge in [0.05, 0.1) is 0 Å². The van der Waals surface area contributed by atoms with Crippen molar-refractivity contribution in [2.75, 3.05) is 0 Å². The predicted molar refractivity (Wildman–Crippen MR) is 99.9 cm³/mol. The van der Waals surface area contributed by atoms with Crippen LogP contribution >= 0.6 is 0 Å². The van der Waals surface area contributed by atoms with Crippen LogP contribution in [0.25, 0.3) is 0 Å². The molecule has 0 atom stereocenters. The zero-order chi connectivity index (χ0) is 16.5. The molecule has 22 heavy (non-hydrogen) atoms. The van der Waals surface area contributed by atoms with Gasteiger partial charge in [0.25, 0.3) is 0 Å². The summed E-state index contributed by atoms with van der Waals surface area (Å²) >= 11 is 0. The van der Waals surface area contributed by atoms with E-state index in [2.05, 4.69) is 77.9 Å². The minimum absolute atomic E-state index is 1.15. The van der Waals surface area contributed by atoms with Crippen LogP contribution in [0.3, 0.4) is 0 Å². The highest BCUT2D eigenvalue weighted by molar-refractivity contribution is 5.30. The Morgan fingerprint density at radius 2 is 0.682 bits per heavy atom. The first-order valence-electron chi connectivity index (χ1n) is 8.71. The first kappa shape index (κ1) is 18.5. The lowest BCUT2D eigenvalue weighted by molar-refractivity contribution is 1.08. The average molecular weight is 296 g/mol. The molecule has 0 aliphatic heterocycles. The maximum absolute atomic E-state index is 2.30. The Morgan fingerprint density at radius 1 is 0.455 bits per heavy atom. The highest BCUT2D eigenvalue weighted by Crippen LogP contribution is 2.11. The second-order valence-electron chi connectivity index (χ2n) is 6.07. The summed E-state index contributed by atoms with van der Waals surface area (Å²) in [5.41, 5.74) is 8.62. The zero-order valence-corrected chi connectivity index (χ0v) is 15.3. The van der Waals surface area contributed by atoms with Gasteiger partial charge in [-0.1, -0.05) is 75.2 Å². The summed E-state index contributed by atoms with van der Waals surface area (Å²) in [6.07, 6.45) is 4.59. The topological polar surface area (TPSA) is 0 Å². The van der Waals surface area contributed by atoms with Crippen LogP contribution in [0.5, 0.6) is 0 Å². The van der Waals surface area contributed by atoms with E-state index in [0.717, 1.165) is 25.7 Å². The second-order valence-corrected chi connectivity index (χ2v) is 6.07. The second kappa shape index (κ2) is 9.46. The number of benzene rings is 2. The van der Waals surface area contributed by atoms with E-state index in [-0.39, 0.29) is 0 Å². The fourth-order valence-electron chi connectivity index (χ4n) is 2.71. The van der Waals surface area contributed by atoms with Crippen LogP contribution in [0, 0.1) is 13.8 Å². The highest BCUT2D eigenvalue weighted by Gasteiger charge is 1.95. The first-order valence-corrected chi connectivity index (χ1v) is 8.71. The van der Waals surface area contributed by atoms with E-state index < -0.39 is 0 Å². The Balaban J connectivity index is 0.000000220. The van der Waals surface area contributed by atoms with Crippen molar-refractivity contribution >= 4 is 0 Å². The largest absolute Gasteiger partial charge is 0.0613 e. The van der Waals surface area contributed by atoms with Crippen molar-refractivity contribution in [2.24, 2.45) is 0 Å². The van der Waals surface area contributed by atoms with E-state index in [9.17, 15) is 0 Å². The maximum Gasteiger partial charge on any atom is -0.0307 e. The molecule has 120 valence electrons.